The van der Waals surface area contributed by atoms with E-state index in [1.165, 1.54) is 16.2 Å². The van der Waals surface area contributed by atoms with Crippen LogP contribution < -0.4 is 5.32 Å². The van der Waals surface area contributed by atoms with Crippen molar-refractivity contribution in [3.8, 4) is 10.6 Å². The number of carbonyl (C=O) groups excluding carboxylic acids is 1. The summed E-state index contributed by atoms with van der Waals surface area (Å²) in [5.41, 5.74) is 0.513. The van der Waals surface area contributed by atoms with E-state index in [-0.39, 0.29) is 11.9 Å². The Bertz CT molecular complexity index is 1030. The van der Waals surface area contributed by atoms with E-state index in [2.05, 4.69) is 15.3 Å². The number of fused-ring (bicyclic) bond motifs is 1. The lowest BCUT2D eigenvalue weighted by molar-refractivity contribution is -0.146. The zero-order valence-electron chi connectivity index (χ0n) is 18.4. The van der Waals surface area contributed by atoms with Crippen LogP contribution >= 0.6 is 22.9 Å². The van der Waals surface area contributed by atoms with Gasteiger partial charge in [-0.15, -0.1) is 11.3 Å². The maximum absolute atomic E-state index is 13.2. The molecule has 8 nitrogen and oxygen atoms in total. The normalized spacial score (nSPS) is 18.4. The summed E-state index contributed by atoms with van der Waals surface area (Å²) in [6.07, 6.45) is 3.94. The molecule has 10 heteroatoms. The number of anilines is 1. The molecule has 0 aromatic carbocycles. The number of amides is 1. The summed E-state index contributed by atoms with van der Waals surface area (Å²) in [7, 11) is 0. The SMILES string of the molecule is CC(C)(C)C(C(=O)O)N1CCc2sc(-c3nc(NC4CCOCC4)ncc3Cl)cc2C1=O. The van der Waals surface area contributed by atoms with E-state index in [0.29, 0.717) is 48.4 Å². The van der Waals surface area contributed by atoms with Crippen molar-refractivity contribution >= 4 is 40.8 Å². The fourth-order valence-corrected chi connectivity index (χ4v) is 5.63. The highest BCUT2D eigenvalue weighted by Crippen LogP contribution is 2.38. The number of ether oxygens (including phenoxy) is 1. The van der Waals surface area contributed by atoms with Gasteiger partial charge in [0.15, 0.2) is 0 Å². The number of nitrogens with one attached hydrogen (secondary N) is 1. The molecule has 4 heterocycles. The van der Waals surface area contributed by atoms with Gasteiger partial charge in [0, 0.05) is 37.1 Å². The number of carboxylic acids is 1. The van der Waals surface area contributed by atoms with E-state index in [1.807, 2.05) is 20.8 Å². The summed E-state index contributed by atoms with van der Waals surface area (Å²) >= 11 is 7.89. The van der Waals surface area contributed by atoms with Crippen molar-refractivity contribution in [1.82, 2.24) is 14.9 Å². The van der Waals surface area contributed by atoms with Gasteiger partial charge in [-0.3, -0.25) is 4.79 Å². The molecule has 172 valence electrons. The monoisotopic (exact) mass is 478 g/mol. The summed E-state index contributed by atoms with van der Waals surface area (Å²) in [6.45, 7) is 7.29. The van der Waals surface area contributed by atoms with Crippen molar-refractivity contribution < 1.29 is 19.4 Å². The van der Waals surface area contributed by atoms with Crippen molar-refractivity contribution in [2.24, 2.45) is 5.41 Å². The van der Waals surface area contributed by atoms with Crippen LogP contribution in [-0.4, -0.2) is 63.7 Å². The van der Waals surface area contributed by atoms with Gasteiger partial charge in [0.1, 0.15) is 11.7 Å². The average Bonchev–Trinajstić information content (AvgIpc) is 3.16. The Balaban J connectivity index is 1.61. The molecule has 0 bridgehead atoms. The van der Waals surface area contributed by atoms with Gasteiger partial charge >= 0.3 is 5.97 Å². The minimum Gasteiger partial charge on any atom is -0.480 e. The predicted octanol–water partition coefficient (Wildman–Crippen LogP) is 3.95. The molecule has 1 unspecified atom stereocenters. The Morgan fingerprint density at radius 1 is 1.38 bits per heavy atom. The molecule has 1 fully saturated rings. The first kappa shape index (κ1) is 22.9. The van der Waals surface area contributed by atoms with Crippen LogP contribution in [0.4, 0.5) is 5.95 Å². The summed E-state index contributed by atoms with van der Waals surface area (Å²) < 4.78 is 5.39. The zero-order chi connectivity index (χ0) is 23.0. The van der Waals surface area contributed by atoms with Crippen molar-refractivity contribution in [2.45, 2.75) is 52.1 Å². The molecule has 32 heavy (non-hydrogen) atoms. The highest BCUT2D eigenvalue weighted by Gasteiger charge is 2.42. The number of thiophene rings is 1. The first-order valence-corrected chi connectivity index (χ1v) is 11.9. The second kappa shape index (κ2) is 8.96. The van der Waals surface area contributed by atoms with Crippen LogP contribution in [0, 0.1) is 5.41 Å². The van der Waals surface area contributed by atoms with Crippen LogP contribution in [0.3, 0.4) is 0 Å². The van der Waals surface area contributed by atoms with E-state index in [1.54, 1.807) is 12.3 Å². The van der Waals surface area contributed by atoms with Gasteiger partial charge in [0.2, 0.25) is 5.95 Å². The predicted molar refractivity (Wildman–Crippen MR) is 123 cm³/mol. The Kier molecular flexibility index (Phi) is 6.42. The fraction of sp³-hybridized carbons (Fsp3) is 0.545. The lowest BCUT2D eigenvalue weighted by Gasteiger charge is -2.39. The Morgan fingerprint density at radius 3 is 2.75 bits per heavy atom. The third-order valence-electron chi connectivity index (χ3n) is 5.78. The zero-order valence-corrected chi connectivity index (χ0v) is 19.9. The van der Waals surface area contributed by atoms with E-state index in [0.717, 1.165) is 22.6 Å². The molecule has 2 aliphatic rings. The number of aromatic nitrogens is 2. The first-order valence-electron chi connectivity index (χ1n) is 10.7. The lowest BCUT2D eigenvalue weighted by atomic mass is 9.84. The largest absolute Gasteiger partial charge is 0.480 e. The van der Waals surface area contributed by atoms with Gasteiger partial charge in [-0.2, -0.15) is 0 Å². The molecular weight excluding hydrogens is 452 g/mol. The number of rotatable bonds is 5. The Hall–Kier alpha value is -2.23. The summed E-state index contributed by atoms with van der Waals surface area (Å²) in [4.78, 5) is 37.3. The third-order valence-corrected chi connectivity index (χ3v) is 7.26. The quantitative estimate of drug-likeness (QED) is 0.670. The van der Waals surface area contributed by atoms with Gasteiger partial charge in [0.25, 0.3) is 5.91 Å². The molecule has 2 N–H and O–H groups in total. The molecule has 2 aliphatic heterocycles. The summed E-state index contributed by atoms with van der Waals surface area (Å²) in [6, 6.07) is 1.13. The number of carbonyl (C=O) groups is 2. The molecule has 1 saturated heterocycles. The molecule has 2 aromatic rings. The average molecular weight is 479 g/mol. The van der Waals surface area contributed by atoms with Crippen molar-refractivity contribution in [2.75, 3.05) is 25.1 Å². The van der Waals surface area contributed by atoms with E-state index in [4.69, 9.17) is 16.3 Å². The van der Waals surface area contributed by atoms with Crippen LogP contribution in [0.25, 0.3) is 10.6 Å². The van der Waals surface area contributed by atoms with Crippen molar-refractivity contribution in [3.05, 3.63) is 27.7 Å². The molecule has 0 saturated carbocycles. The van der Waals surface area contributed by atoms with E-state index < -0.39 is 17.4 Å². The fourth-order valence-electron chi connectivity index (χ4n) is 4.24. The smallest absolute Gasteiger partial charge is 0.326 e. The topological polar surface area (TPSA) is 105 Å². The molecule has 0 spiro atoms. The van der Waals surface area contributed by atoms with Gasteiger partial charge in [-0.25, -0.2) is 14.8 Å². The summed E-state index contributed by atoms with van der Waals surface area (Å²) in [5.74, 6) is -0.761. The molecule has 1 atom stereocenters. The van der Waals surface area contributed by atoms with Crippen molar-refractivity contribution in [1.29, 1.82) is 0 Å². The molecule has 0 aliphatic carbocycles. The van der Waals surface area contributed by atoms with Crippen LogP contribution in [0.1, 0.15) is 48.8 Å². The van der Waals surface area contributed by atoms with Gasteiger partial charge in [-0.1, -0.05) is 32.4 Å². The number of halogens is 1. The van der Waals surface area contributed by atoms with Gasteiger partial charge in [-0.05, 0) is 24.3 Å². The summed E-state index contributed by atoms with van der Waals surface area (Å²) in [5, 5.41) is 13.5. The van der Waals surface area contributed by atoms with Crippen LogP contribution in [0.5, 0.6) is 0 Å². The lowest BCUT2D eigenvalue weighted by Crippen LogP contribution is -2.54. The Morgan fingerprint density at radius 2 is 2.09 bits per heavy atom. The second-order valence-electron chi connectivity index (χ2n) is 9.22. The van der Waals surface area contributed by atoms with Crippen LogP contribution in [0.2, 0.25) is 5.02 Å². The standard InChI is InChI=1S/C22H27ClN4O4S/c1-22(2,3)18(20(29)30)27-7-4-15-13(19(27)28)10-16(32-15)17-14(23)11-24-21(26-17)25-12-5-8-31-9-6-12/h10-12,18H,4-9H2,1-3H3,(H,29,30)(H,24,25,26). The maximum Gasteiger partial charge on any atom is 0.326 e. The number of nitrogens with zero attached hydrogens (tertiary/aromatic N) is 3. The van der Waals surface area contributed by atoms with Gasteiger partial charge < -0.3 is 20.1 Å². The third kappa shape index (κ3) is 4.60. The molecule has 4 rings (SSSR count). The van der Waals surface area contributed by atoms with E-state index >= 15 is 0 Å². The van der Waals surface area contributed by atoms with Crippen LogP contribution in [-0.2, 0) is 16.0 Å². The number of carboxylic acid groups (broad SMARTS) is 1. The number of hydrogen-bond acceptors (Lipinski definition) is 7. The Labute approximate surface area is 196 Å². The highest BCUT2D eigenvalue weighted by molar-refractivity contribution is 7.16. The molecular formula is C22H27ClN4O4S. The van der Waals surface area contributed by atoms with Gasteiger partial charge in [0.05, 0.1) is 21.7 Å². The van der Waals surface area contributed by atoms with E-state index in [9.17, 15) is 14.7 Å². The first-order chi connectivity index (χ1) is 15.1. The number of hydrogen-bond donors (Lipinski definition) is 2. The minimum absolute atomic E-state index is 0.245. The van der Waals surface area contributed by atoms with Crippen LogP contribution in [0.15, 0.2) is 12.3 Å². The number of aliphatic carboxylic acids is 1. The highest BCUT2D eigenvalue weighted by atomic mass is 35.5. The maximum atomic E-state index is 13.2. The molecule has 1 amide bonds. The second-order valence-corrected chi connectivity index (χ2v) is 10.8. The molecule has 2 aromatic heterocycles. The van der Waals surface area contributed by atoms with Crippen molar-refractivity contribution in [3.63, 3.8) is 0 Å². The molecule has 0 radical (unpaired) electrons. The minimum atomic E-state index is -0.993.